The van der Waals surface area contributed by atoms with Gasteiger partial charge in [0.25, 0.3) is 0 Å². The Balaban J connectivity index is 2.04. The number of halogens is 3. The number of ether oxygens (including phenoxy) is 2. The summed E-state index contributed by atoms with van der Waals surface area (Å²) in [5.74, 6) is -0.524. The van der Waals surface area contributed by atoms with Gasteiger partial charge in [-0.25, -0.2) is 0 Å². The van der Waals surface area contributed by atoms with E-state index in [-0.39, 0.29) is 17.9 Å². The number of nitrogens with two attached hydrogens (primary N) is 1. The second-order valence-corrected chi connectivity index (χ2v) is 4.38. The largest absolute Gasteiger partial charge is 0.573 e. The van der Waals surface area contributed by atoms with Crippen molar-refractivity contribution in [2.45, 2.75) is 13.0 Å². The Morgan fingerprint density at radius 1 is 1.05 bits per heavy atom. The summed E-state index contributed by atoms with van der Waals surface area (Å²) in [6.45, 7) is 0.0251. The Labute approximate surface area is 124 Å². The van der Waals surface area contributed by atoms with Crippen molar-refractivity contribution in [2.24, 2.45) is 5.73 Å². The lowest BCUT2D eigenvalue weighted by atomic mass is 10.2. The molecule has 2 aromatic rings. The normalized spacial score (nSPS) is 11.0. The molecule has 0 atom stereocenters. The maximum Gasteiger partial charge on any atom is 0.573 e. The van der Waals surface area contributed by atoms with Crippen LogP contribution in [0.25, 0.3) is 0 Å². The maximum absolute atomic E-state index is 12.1. The molecular weight excluding hydrogens is 299 g/mol. The summed E-state index contributed by atoms with van der Waals surface area (Å²) in [4.78, 5) is 11.0. The zero-order chi connectivity index (χ0) is 16.2. The average molecular weight is 311 g/mol. The van der Waals surface area contributed by atoms with Crippen LogP contribution in [-0.4, -0.2) is 12.3 Å². The molecule has 0 aliphatic heterocycles. The SMILES string of the molecule is NC(=O)c1cccc(OCc2cccc(OC(F)(F)F)c2)c1. The number of primary amides is 1. The van der Waals surface area contributed by atoms with E-state index in [9.17, 15) is 18.0 Å². The number of rotatable bonds is 5. The molecule has 0 radical (unpaired) electrons. The number of hydrogen-bond acceptors (Lipinski definition) is 3. The first-order valence-electron chi connectivity index (χ1n) is 6.21. The summed E-state index contributed by atoms with van der Waals surface area (Å²) in [6.07, 6.45) is -4.74. The third-order valence-electron chi connectivity index (χ3n) is 2.66. The molecule has 116 valence electrons. The molecule has 0 bridgehead atoms. The Bertz CT molecular complexity index is 671. The molecule has 0 unspecified atom stereocenters. The van der Waals surface area contributed by atoms with E-state index in [0.29, 0.717) is 11.3 Å². The Hall–Kier alpha value is -2.70. The Kier molecular flexibility index (Phi) is 4.55. The standard InChI is InChI=1S/C15H12F3NO3/c16-15(17,18)22-13-6-1-3-10(7-13)9-21-12-5-2-4-11(8-12)14(19)20/h1-8H,9H2,(H2,19,20). The van der Waals surface area contributed by atoms with Crippen molar-refractivity contribution in [3.8, 4) is 11.5 Å². The van der Waals surface area contributed by atoms with Gasteiger partial charge in [0.2, 0.25) is 5.91 Å². The molecule has 22 heavy (non-hydrogen) atoms. The van der Waals surface area contributed by atoms with E-state index in [1.807, 2.05) is 0 Å². The minimum absolute atomic E-state index is 0.0251. The minimum atomic E-state index is -4.74. The third-order valence-corrected chi connectivity index (χ3v) is 2.66. The van der Waals surface area contributed by atoms with Crippen molar-refractivity contribution in [1.29, 1.82) is 0 Å². The van der Waals surface area contributed by atoms with Crippen molar-refractivity contribution in [1.82, 2.24) is 0 Å². The molecular formula is C15H12F3NO3. The molecule has 0 saturated heterocycles. The Morgan fingerprint density at radius 2 is 1.73 bits per heavy atom. The van der Waals surface area contributed by atoms with Gasteiger partial charge in [0.05, 0.1) is 0 Å². The molecule has 0 aliphatic carbocycles. The molecule has 0 spiro atoms. The molecule has 0 aromatic heterocycles. The highest BCUT2D eigenvalue weighted by Gasteiger charge is 2.31. The van der Waals surface area contributed by atoms with E-state index in [2.05, 4.69) is 4.74 Å². The van der Waals surface area contributed by atoms with Gasteiger partial charge in [-0.2, -0.15) is 0 Å². The van der Waals surface area contributed by atoms with Gasteiger partial charge < -0.3 is 15.2 Å². The van der Waals surface area contributed by atoms with Crippen LogP contribution in [0.3, 0.4) is 0 Å². The van der Waals surface area contributed by atoms with Gasteiger partial charge in [-0.05, 0) is 35.9 Å². The van der Waals surface area contributed by atoms with Gasteiger partial charge >= 0.3 is 6.36 Å². The predicted molar refractivity (Wildman–Crippen MR) is 72.4 cm³/mol. The van der Waals surface area contributed by atoms with Crippen LogP contribution in [-0.2, 0) is 6.61 Å². The van der Waals surface area contributed by atoms with Crippen molar-refractivity contribution in [3.63, 3.8) is 0 Å². The highest BCUT2D eigenvalue weighted by atomic mass is 19.4. The van der Waals surface area contributed by atoms with Crippen LogP contribution in [0.2, 0.25) is 0 Å². The van der Waals surface area contributed by atoms with Crippen LogP contribution in [0.1, 0.15) is 15.9 Å². The fourth-order valence-corrected chi connectivity index (χ4v) is 1.74. The van der Waals surface area contributed by atoms with Crippen LogP contribution >= 0.6 is 0 Å². The first-order chi connectivity index (χ1) is 10.3. The fraction of sp³-hybridized carbons (Fsp3) is 0.133. The van der Waals surface area contributed by atoms with Crippen LogP contribution in [0, 0.1) is 0 Å². The molecule has 0 fully saturated rings. The lowest BCUT2D eigenvalue weighted by Gasteiger charge is -2.11. The zero-order valence-corrected chi connectivity index (χ0v) is 11.3. The highest BCUT2D eigenvalue weighted by molar-refractivity contribution is 5.93. The van der Waals surface area contributed by atoms with Crippen LogP contribution in [0.15, 0.2) is 48.5 Å². The van der Waals surface area contributed by atoms with E-state index in [1.165, 1.54) is 30.3 Å². The number of benzene rings is 2. The molecule has 0 aliphatic rings. The topological polar surface area (TPSA) is 61.6 Å². The van der Waals surface area contributed by atoms with Crippen LogP contribution in [0.5, 0.6) is 11.5 Å². The first-order valence-corrected chi connectivity index (χ1v) is 6.21. The van der Waals surface area contributed by atoms with E-state index in [1.54, 1.807) is 18.2 Å². The van der Waals surface area contributed by atoms with Crippen molar-refractivity contribution < 1.29 is 27.4 Å². The number of carbonyl (C=O) groups is 1. The summed E-state index contributed by atoms with van der Waals surface area (Å²) in [5.41, 5.74) is 5.93. The number of carbonyl (C=O) groups excluding carboxylic acids is 1. The second-order valence-electron chi connectivity index (χ2n) is 4.38. The molecule has 2 rings (SSSR count). The third kappa shape index (κ3) is 4.69. The molecule has 2 aromatic carbocycles. The lowest BCUT2D eigenvalue weighted by molar-refractivity contribution is -0.274. The summed E-state index contributed by atoms with van der Waals surface area (Å²) in [5, 5.41) is 0. The molecule has 4 nitrogen and oxygen atoms in total. The summed E-state index contributed by atoms with van der Waals surface area (Å²) < 4.78 is 45.7. The molecule has 0 saturated carbocycles. The van der Waals surface area contributed by atoms with Gasteiger partial charge in [0.1, 0.15) is 18.1 Å². The van der Waals surface area contributed by atoms with Gasteiger partial charge in [-0.15, -0.1) is 13.2 Å². The van der Waals surface area contributed by atoms with E-state index < -0.39 is 12.3 Å². The van der Waals surface area contributed by atoms with Crippen LogP contribution in [0.4, 0.5) is 13.2 Å². The predicted octanol–water partition coefficient (Wildman–Crippen LogP) is 3.26. The summed E-state index contributed by atoms with van der Waals surface area (Å²) in [7, 11) is 0. The monoisotopic (exact) mass is 311 g/mol. The highest BCUT2D eigenvalue weighted by Crippen LogP contribution is 2.24. The number of hydrogen-bond donors (Lipinski definition) is 1. The van der Waals surface area contributed by atoms with Gasteiger partial charge in [-0.1, -0.05) is 18.2 Å². The number of amides is 1. The summed E-state index contributed by atoms with van der Waals surface area (Å²) in [6, 6.07) is 11.7. The fourth-order valence-electron chi connectivity index (χ4n) is 1.74. The second kappa shape index (κ2) is 6.38. The van der Waals surface area contributed by atoms with Crippen molar-refractivity contribution >= 4 is 5.91 Å². The molecule has 7 heteroatoms. The van der Waals surface area contributed by atoms with E-state index in [0.717, 1.165) is 0 Å². The van der Waals surface area contributed by atoms with E-state index in [4.69, 9.17) is 10.5 Å². The maximum atomic E-state index is 12.1. The van der Waals surface area contributed by atoms with Gasteiger partial charge in [-0.3, -0.25) is 4.79 Å². The lowest BCUT2D eigenvalue weighted by Crippen LogP contribution is -2.17. The quantitative estimate of drug-likeness (QED) is 0.922. The molecule has 0 heterocycles. The van der Waals surface area contributed by atoms with Crippen molar-refractivity contribution in [2.75, 3.05) is 0 Å². The van der Waals surface area contributed by atoms with Gasteiger partial charge in [0, 0.05) is 5.56 Å². The minimum Gasteiger partial charge on any atom is -0.489 e. The van der Waals surface area contributed by atoms with E-state index >= 15 is 0 Å². The van der Waals surface area contributed by atoms with Crippen molar-refractivity contribution in [3.05, 3.63) is 59.7 Å². The first kappa shape index (κ1) is 15.7. The smallest absolute Gasteiger partial charge is 0.489 e. The molecule has 1 amide bonds. The summed E-state index contributed by atoms with van der Waals surface area (Å²) >= 11 is 0. The number of alkyl halides is 3. The average Bonchev–Trinajstić information content (AvgIpc) is 2.44. The van der Waals surface area contributed by atoms with Crippen LogP contribution < -0.4 is 15.2 Å². The Morgan fingerprint density at radius 3 is 2.41 bits per heavy atom. The van der Waals surface area contributed by atoms with Gasteiger partial charge in [0.15, 0.2) is 0 Å². The zero-order valence-electron chi connectivity index (χ0n) is 11.3. The molecule has 2 N–H and O–H groups in total.